The van der Waals surface area contributed by atoms with Gasteiger partial charge < -0.3 is 10.6 Å². The normalized spacial score (nSPS) is 15.2. The summed E-state index contributed by atoms with van der Waals surface area (Å²) >= 11 is 0. The van der Waals surface area contributed by atoms with Crippen LogP contribution < -0.4 is 10.6 Å². The van der Waals surface area contributed by atoms with Gasteiger partial charge in [0.05, 0.1) is 12.6 Å². The molecule has 1 unspecified atom stereocenters. The molecule has 2 heterocycles. The Hall–Kier alpha value is -1.66. The van der Waals surface area contributed by atoms with E-state index in [1.807, 2.05) is 31.3 Å². The number of aromatic nitrogens is 1. The van der Waals surface area contributed by atoms with Gasteiger partial charge in [-0.25, -0.2) is 0 Å². The van der Waals surface area contributed by atoms with Crippen molar-refractivity contribution in [2.45, 2.75) is 31.8 Å². The molecule has 0 radical (unpaired) electrons. The summed E-state index contributed by atoms with van der Waals surface area (Å²) in [6.07, 6.45) is 5.73. The average molecular weight is 425 g/mol. The highest BCUT2D eigenvalue weighted by atomic mass is 35.5. The van der Waals surface area contributed by atoms with Crippen LogP contribution in [0.5, 0.6) is 0 Å². The number of halogens is 2. The predicted octanol–water partition coefficient (Wildman–Crippen LogP) is 3.12. The van der Waals surface area contributed by atoms with Crippen LogP contribution in [0.25, 0.3) is 0 Å². The first kappa shape index (κ1) is 24.4. The molecule has 0 spiro atoms. The summed E-state index contributed by atoms with van der Waals surface area (Å²) in [4.78, 5) is 19.1. The minimum atomic E-state index is -0.159. The van der Waals surface area contributed by atoms with Crippen LogP contribution in [-0.2, 0) is 4.79 Å². The van der Waals surface area contributed by atoms with Crippen molar-refractivity contribution in [3.05, 3.63) is 65.5 Å². The van der Waals surface area contributed by atoms with E-state index >= 15 is 0 Å². The second-order valence-corrected chi connectivity index (χ2v) is 7.03. The van der Waals surface area contributed by atoms with E-state index in [4.69, 9.17) is 0 Å². The topological polar surface area (TPSA) is 57.3 Å². The number of piperidine rings is 1. The van der Waals surface area contributed by atoms with Crippen LogP contribution in [-0.4, -0.2) is 48.5 Å². The van der Waals surface area contributed by atoms with Crippen LogP contribution in [0.2, 0.25) is 0 Å². The smallest absolute Gasteiger partial charge is 0.234 e. The summed E-state index contributed by atoms with van der Waals surface area (Å²) < 4.78 is 0. The number of pyridine rings is 1. The zero-order chi connectivity index (χ0) is 18.4. The summed E-state index contributed by atoms with van der Waals surface area (Å²) in [5.74, 6) is 0.0519. The zero-order valence-corrected chi connectivity index (χ0v) is 18.1. The molecule has 2 N–H and O–H groups in total. The molecule has 1 saturated heterocycles. The van der Waals surface area contributed by atoms with Crippen LogP contribution in [0.3, 0.4) is 0 Å². The lowest BCUT2D eigenvalue weighted by atomic mass is 9.95. The monoisotopic (exact) mass is 424 g/mol. The van der Waals surface area contributed by atoms with Crippen LogP contribution >= 0.6 is 24.8 Å². The van der Waals surface area contributed by atoms with E-state index in [9.17, 15) is 4.79 Å². The summed E-state index contributed by atoms with van der Waals surface area (Å²) in [5.41, 5.74) is 3.34. The molecule has 2 aromatic rings. The van der Waals surface area contributed by atoms with E-state index in [2.05, 4.69) is 39.6 Å². The number of nitrogens with one attached hydrogen (secondary N) is 2. The number of carbonyl (C=O) groups excluding carboxylic acids is 1. The molecule has 3 rings (SSSR count). The maximum absolute atomic E-state index is 12.8. The lowest BCUT2D eigenvalue weighted by Gasteiger charge is -2.31. The SMILES string of the molecule is Cc1ccccc1C(NC(=O)CN(C)C1CCNCC1)c1ccncc1.Cl.Cl. The highest BCUT2D eigenvalue weighted by molar-refractivity contribution is 5.85. The van der Waals surface area contributed by atoms with Gasteiger partial charge in [0, 0.05) is 18.4 Å². The van der Waals surface area contributed by atoms with Gasteiger partial charge in [0.2, 0.25) is 5.91 Å². The van der Waals surface area contributed by atoms with E-state index in [1.165, 1.54) is 5.56 Å². The maximum atomic E-state index is 12.8. The number of rotatable bonds is 6. The Bertz CT molecular complexity index is 723. The average Bonchev–Trinajstić information content (AvgIpc) is 2.68. The van der Waals surface area contributed by atoms with Crippen molar-refractivity contribution in [3.8, 4) is 0 Å². The lowest BCUT2D eigenvalue weighted by Crippen LogP contribution is -2.46. The molecule has 1 atom stereocenters. The third-order valence-corrected chi connectivity index (χ3v) is 5.17. The van der Waals surface area contributed by atoms with Crippen molar-refractivity contribution >= 4 is 30.7 Å². The van der Waals surface area contributed by atoms with Crippen molar-refractivity contribution in [1.29, 1.82) is 0 Å². The van der Waals surface area contributed by atoms with Crippen LogP contribution in [0, 0.1) is 6.92 Å². The third kappa shape index (κ3) is 6.45. The number of carbonyl (C=O) groups is 1. The molecule has 0 bridgehead atoms. The van der Waals surface area contributed by atoms with Gasteiger partial charge in [-0.05, 0) is 68.7 Å². The molecule has 0 saturated carbocycles. The van der Waals surface area contributed by atoms with Gasteiger partial charge in [-0.3, -0.25) is 14.7 Å². The van der Waals surface area contributed by atoms with Gasteiger partial charge in [-0.2, -0.15) is 0 Å². The number of aryl methyl sites for hydroxylation is 1. The molecular weight excluding hydrogens is 395 g/mol. The Morgan fingerprint density at radius 3 is 2.46 bits per heavy atom. The van der Waals surface area contributed by atoms with Gasteiger partial charge in [-0.1, -0.05) is 24.3 Å². The fraction of sp³-hybridized carbons (Fsp3) is 0.429. The number of hydrogen-bond acceptors (Lipinski definition) is 4. The molecule has 0 aliphatic carbocycles. The standard InChI is InChI=1S/C21H28N4O.2ClH/c1-16-5-3-4-6-19(16)21(17-7-11-22-12-8-17)24-20(26)15-25(2)18-9-13-23-14-10-18;;/h3-8,11-12,18,21,23H,9-10,13-15H2,1-2H3,(H,24,26);2*1H. The van der Waals surface area contributed by atoms with Crippen LogP contribution in [0.15, 0.2) is 48.8 Å². The number of amides is 1. The lowest BCUT2D eigenvalue weighted by molar-refractivity contribution is -0.123. The van der Waals surface area contributed by atoms with Crippen molar-refractivity contribution in [2.75, 3.05) is 26.7 Å². The summed E-state index contributed by atoms with van der Waals surface area (Å²) in [6, 6.07) is 12.4. The number of benzene rings is 1. The molecule has 1 aromatic carbocycles. The van der Waals surface area contributed by atoms with E-state index in [1.54, 1.807) is 12.4 Å². The number of likely N-dealkylation sites (N-methyl/N-ethyl adjacent to an activating group) is 1. The van der Waals surface area contributed by atoms with Gasteiger partial charge in [0.25, 0.3) is 0 Å². The Morgan fingerprint density at radius 2 is 1.82 bits per heavy atom. The Labute approximate surface area is 180 Å². The Balaban J connectivity index is 0.00000196. The van der Waals surface area contributed by atoms with E-state index in [-0.39, 0.29) is 36.8 Å². The molecule has 7 heteroatoms. The van der Waals surface area contributed by atoms with Crippen molar-refractivity contribution in [2.24, 2.45) is 0 Å². The molecule has 1 fully saturated rings. The molecule has 1 aliphatic rings. The highest BCUT2D eigenvalue weighted by Crippen LogP contribution is 2.24. The second kappa shape index (κ2) is 12.0. The van der Waals surface area contributed by atoms with Crippen LogP contribution in [0.1, 0.15) is 35.6 Å². The molecule has 1 aromatic heterocycles. The van der Waals surface area contributed by atoms with Crippen molar-refractivity contribution < 1.29 is 4.79 Å². The van der Waals surface area contributed by atoms with Gasteiger partial charge >= 0.3 is 0 Å². The fourth-order valence-corrected chi connectivity index (χ4v) is 3.62. The minimum Gasteiger partial charge on any atom is -0.344 e. The first-order valence-corrected chi connectivity index (χ1v) is 9.31. The molecule has 1 aliphatic heterocycles. The molecule has 1 amide bonds. The highest BCUT2D eigenvalue weighted by Gasteiger charge is 2.22. The van der Waals surface area contributed by atoms with Gasteiger partial charge in [-0.15, -0.1) is 24.8 Å². The molecule has 154 valence electrons. The summed E-state index contributed by atoms with van der Waals surface area (Å²) in [7, 11) is 2.05. The quantitative estimate of drug-likeness (QED) is 0.747. The van der Waals surface area contributed by atoms with Crippen molar-refractivity contribution in [3.63, 3.8) is 0 Å². The third-order valence-electron chi connectivity index (χ3n) is 5.17. The first-order chi connectivity index (χ1) is 12.6. The largest absolute Gasteiger partial charge is 0.344 e. The number of nitrogens with zero attached hydrogens (tertiary/aromatic N) is 2. The zero-order valence-electron chi connectivity index (χ0n) is 16.4. The van der Waals surface area contributed by atoms with Crippen molar-refractivity contribution in [1.82, 2.24) is 20.5 Å². The van der Waals surface area contributed by atoms with Crippen LogP contribution in [0.4, 0.5) is 0 Å². The summed E-state index contributed by atoms with van der Waals surface area (Å²) in [5, 5.41) is 6.61. The van der Waals surface area contributed by atoms with E-state index in [0.29, 0.717) is 12.6 Å². The number of hydrogen-bond donors (Lipinski definition) is 2. The van der Waals surface area contributed by atoms with E-state index < -0.39 is 0 Å². The molecule has 5 nitrogen and oxygen atoms in total. The van der Waals surface area contributed by atoms with Gasteiger partial charge in [0.15, 0.2) is 0 Å². The Kier molecular flexibility index (Phi) is 10.5. The summed E-state index contributed by atoms with van der Waals surface area (Å²) in [6.45, 7) is 4.55. The van der Waals surface area contributed by atoms with Gasteiger partial charge in [0.1, 0.15) is 0 Å². The Morgan fingerprint density at radius 1 is 1.18 bits per heavy atom. The fourth-order valence-electron chi connectivity index (χ4n) is 3.62. The second-order valence-electron chi connectivity index (χ2n) is 7.03. The molecule has 28 heavy (non-hydrogen) atoms. The van der Waals surface area contributed by atoms with E-state index in [0.717, 1.165) is 37.1 Å². The maximum Gasteiger partial charge on any atom is 0.234 e. The first-order valence-electron chi connectivity index (χ1n) is 9.31. The molecular formula is C21H30Cl2N4O. The minimum absolute atomic E-state index is 0. The predicted molar refractivity (Wildman–Crippen MR) is 118 cm³/mol.